The van der Waals surface area contributed by atoms with Crippen molar-refractivity contribution in [2.45, 2.75) is 32.6 Å². The molecule has 1 heterocycles. The smallest absolute Gasteiger partial charge is 0.224 e. The van der Waals surface area contributed by atoms with Crippen LogP contribution in [0.5, 0.6) is 0 Å². The zero-order chi connectivity index (χ0) is 15.0. The molecule has 0 aliphatic carbocycles. The summed E-state index contributed by atoms with van der Waals surface area (Å²) in [7, 11) is -3.23. The molecule has 7 heteroatoms. The van der Waals surface area contributed by atoms with Crippen molar-refractivity contribution in [3.63, 3.8) is 0 Å². The third-order valence-electron chi connectivity index (χ3n) is 3.42. The Morgan fingerprint density at radius 1 is 1.20 bits per heavy atom. The van der Waals surface area contributed by atoms with Crippen LogP contribution in [0.1, 0.15) is 32.6 Å². The summed E-state index contributed by atoms with van der Waals surface area (Å²) in [6.07, 6.45) is 4.35. The van der Waals surface area contributed by atoms with Crippen LogP contribution >= 0.6 is 0 Å². The maximum atomic E-state index is 12.0. The van der Waals surface area contributed by atoms with Gasteiger partial charge in [-0.25, -0.2) is 12.7 Å². The Balaban J connectivity index is 2.42. The first-order valence-corrected chi connectivity index (χ1v) is 9.10. The van der Waals surface area contributed by atoms with Crippen molar-refractivity contribution < 1.29 is 17.9 Å². The number of carbonyl (C=O) groups excluding carboxylic acids is 1. The largest absolute Gasteiger partial charge is 0.378 e. The molecular formula is C13H26N2O4S. The second kappa shape index (κ2) is 8.59. The molecule has 1 fully saturated rings. The Labute approximate surface area is 122 Å². The number of ether oxygens (including phenoxy) is 1. The average Bonchev–Trinajstić information content (AvgIpc) is 2.42. The minimum Gasteiger partial charge on any atom is -0.378 e. The highest BCUT2D eigenvalue weighted by Crippen LogP contribution is 2.07. The molecular weight excluding hydrogens is 280 g/mol. The summed E-state index contributed by atoms with van der Waals surface area (Å²) in [4.78, 5) is 13.8. The van der Waals surface area contributed by atoms with Crippen molar-refractivity contribution in [2.24, 2.45) is 0 Å². The van der Waals surface area contributed by atoms with Gasteiger partial charge in [0, 0.05) is 32.6 Å². The topological polar surface area (TPSA) is 66.9 Å². The lowest BCUT2D eigenvalue weighted by atomic mass is 10.2. The van der Waals surface area contributed by atoms with Crippen molar-refractivity contribution in [3.05, 3.63) is 0 Å². The van der Waals surface area contributed by atoms with Gasteiger partial charge < -0.3 is 9.64 Å². The summed E-state index contributed by atoms with van der Waals surface area (Å²) in [5.74, 6) is 0.0115. The van der Waals surface area contributed by atoms with Gasteiger partial charge in [0.05, 0.1) is 19.5 Å². The van der Waals surface area contributed by atoms with E-state index in [1.807, 2.05) is 0 Å². The molecule has 0 bridgehead atoms. The van der Waals surface area contributed by atoms with Gasteiger partial charge in [0.1, 0.15) is 0 Å². The van der Waals surface area contributed by atoms with Gasteiger partial charge in [0.2, 0.25) is 15.9 Å². The zero-order valence-electron chi connectivity index (χ0n) is 12.5. The van der Waals surface area contributed by atoms with Crippen molar-refractivity contribution in [1.82, 2.24) is 9.21 Å². The molecule has 1 amide bonds. The van der Waals surface area contributed by atoms with E-state index in [4.69, 9.17) is 4.74 Å². The Morgan fingerprint density at radius 2 is 1.85 bits per heavy atom. The molecule has 0 N–H and O–H groups in total. The minimum absolute atomic E-state index is 0.0115. The van der Waals surface area contributed by atoms with Gasteiger partial charge in [-0.3, -0.25) is 4.79 Å². The number of rotatable bonds is 8. The molecule has 0 atom stereocenters. The SMILES string of the molecule is CCCCCN(CCC(=O)N1CCOCC1)S(C)(=O)=O. The van der Waals surface area contributed by atoms with Crippen LogP contribution in [0.4, 0.5) is 0 Å². The second-order valence-electron chi connectivity index (χ2n) is 5.11. The van der Waals surface area contributed by atoms with Crippen LogP contribution in [0.3, 0.4) is 0 Å². The molecule has 1 aliphatic heterocycles. The van der Waals surface area contributed by atoms with Gasteiger partial charge in [-0.15, -0.1) is 0 Å². The van der Waals surface area contributed by atoms with Crippen LogP contribution in [-0.2, 0) is 19.6 Å². The summed E-state index contributed by atoms with van der Waals surface area (Å²) in [5, 5.41) is 0. The third-order valence-corrected chi connectivity index (χ3v) is 4.72. The van der Waals surface area contributed by atoms with Crippen LogP contribution in [0, 0.1) is 0 Å². The van der Waals surface area contributed by atoms with E-state index in [0.29, 0.717) is 32.8 Å². The van der Waals surface area contributed by atoms with Gasteiger partial charge in [0.15, 0.2) is 0 Å². The standard InChI is InChI=1S/C13H26N2O4S/c1-3-4-5-7-15(20(2,17)18)8-6-13(16)14-9-11-19-12-10-14/h3-12H2,1-2H3. The molecule has 0 saturated carbocycles. The third kappa shape index (κ3) is 6.19. The molecule has 1 saturated heterocycles. The monoisotopic (exact) mass is 306 g/mol. The van der Waals surface area contributed by atoms with Crippen molar-refractivity contribution in [2.75, 3.05) is 45.6 Å². The Morgan fingerprint density at radius 3 is 2.40 bits per heavy atom. The van der Waals surface area contributed by atoms with Gasteiger partial charge in [-0.1, -0.05) is 19.8 Å². The Kier molecular flexibility index (Phi) is 7.47. The molecule has 0 aromatic heterocycles. The lowest BCUT2D eigenvalue weighted by molar-refractivity contribution is -0.135. The second-order valence-corrected chi connectivity index (χ2v) is 7.09. The molecule has 0 radical (unpaired) electrons. The fourth-order valence-electron chi connectivity index (χ4n) is 2.17. The summed E-state index contributed by atoms with van der Waals surface area (Å²) < 4.78 is 30.0. The minimum atomic E-state index is -3.23. The number of carbonyl (C=O) groups is 1. The summed E-state index contributed by atoms with van der Waals surface area (Å²) in [5.41, 5.74) is 0. The van der Waals surface area contributed by atoms with E-state index < -0.39 is 10.0 Å². The normalized spacial score (nSPS) is 16.6. The van der Waals surface area contributed by atoms with E-state index in [-0.39, 0.29) is 18.9 Å². The van der Waals surface area contributed by atoms with Gasteiger partial charge in [-0.2, -0.15) is 0 Å². The first kappa shape index (κ1) is 17.4. The number of hydrogen-bond acceptors (Lipinski definition) is 4. The van der Waals surface area contributed by atoms with E-state index in [2.05, 4.69) is 6.92 Å². The fourth-order valence-corrected chi connectivity index (χ4v) is 3.06. The fraction of sp³-hybridized carbons (Fsp3) is 0.923. The summed E-state index contributed by atoms with van der Waals surface area (Å²) >= 11 is 0. The van der Waals surface area contributed by atoms with Crippen molar-refractivity contribution in [3.8, 4) is 0 Å². The van der Waals surface area contributed by atoms with E-state index in [1.165, 1.54) is 10.6 Å². The van der Waals surface area contributed by atoms with Crippen LogP contribution in [-0.4, -0.2) is 69.2 Å². The molecule has 0 spiro atoms. The molecule has 20 heavy (non-hydrogen) atoms. The van der Waals surface area contributed by atoms with Crippen LogP contribution in [0.25, 0.3) is 0 Å². The van der Waals surface area contributed by atoms with Gasteiger partial charge in [-0.05, 0) is 6.42 Å². The molecule has 0 aromatic carbocycles. The summed E-state index contributed by atoms with van der Waals surface area (Å²) in [6.45, 7) is 5.20. The number of morpholine rings is 1. The first-order valence-electron chi connectivity index (χ1n) is 7.25. The molecule has 6 nitrogen and oxygen atoms in total. The van der Waals surface area contributed by atoms with Crippen LogP contribution < -0.4 is 0 Å². The van der Waals surface area contributed by atoms with Crippen LogP contribution in [0.15, 0.2) is 0 Å². The highest BCUT2D eigenvalue weighted by molar-refractivity contribution is 7.88. The number of hydrogen-bond donors (Lipinski definition) is 0. The predicted octanol–water partition coefficient (Wildman–Crippen LogP) is 0.687. The van der Waals surface area contributed by atoms with E-state index in [0.717, 1.165) is 19.3 Å². The highest BCUT2D eigenvalue weighted by Gasteiger charge is 2.21. The number of amides is 1. The molecule has 0 aromatic rings. The molecule has 118 valence electrons. The maximum Gasteiger partial charge on any atom is 0.224 e. The number of sulfonamides is 1. The van der Waals surface area contributed by atoms with Crippen molar-refractivity contribution in [1.29, 1.82) is 0 Å². The van der Waals surface area contributed by atoms with E-state index >= 15 is 0 Å². The van der Waals surface area contributed by atoms with E-state index in [1.54, 1.807) is 4.90 Å². The van der Waals surface area contributed by atoms with Crippen LogP contribution in [0.2, 0.25) is 0 Å². The molecule has 1 rings (SSSR count). The Bertz CT molecular complexity index is 391. The zero-order valence-corrected chi connectivity index (χ0v) is 13.3. The Hall–Kier alpha value is -0.660. The van der Waals surface area contributed by atoms with E-state index in [9.17, 15) is 13.2 Å². The lowest BCUT2D eigenvalue weighted by Gasteiger charge is -2.28. The van der Waals surface area contributed by atoms with Gasteiger partial charge in [0.25, 0.3) is 0 Å². The maximum absolute atomic E-state index is 12.0. The average molecular weight is 306 g/mol. The predicted molar refractivity (Wildman–Crippen MR) is 78.0 cm³/mol. The molecule has 1 aliphatic rings. The lowest BCUT2D eigenvalue weighted by Crippen LogP contribution is -2.42. The highest BCUT2D eigenvalue weighted by atomic mass is 32.2. The quantitative estimate of drug-likeness (QED) is 0.619. The summed E-state index contributed by atoms with van der Waals surface area (Å²) in [6, 6.07) is 0. The molecule has 0 unspecified atom stereocenters. The number of nitrogens with zero attached hydrogens (tertiary/aromatic N) is 2. The first-order chi connectivity index (χ1) is 9.45. The number of unbranched alkanes of at least 4 members (excludes halogenated alkanes) is 2. The van der Waals surface area contributed by atoms with Crippen molar-refractivity contribution >= 4 is 15.9 Å². The van der Waals surface area contributed by atoms with Gasteiger partial charge >= 0.3 is 0 Å².